The summed E-state index contributed by atoms with van der Waals surface area (Å²) in [5.41, 5.74) is 1.25. The van der Waals surface area contributed by atoms with E-state index < -0.39 is 0 Å². The lowest BCUT2D eigenvalue weighted by Crippen LogP contribution is -2.33. The fraction of sp³-hybridized carbons (Fsp3) is 0.583. The molecule has 2 aromatic rings. The number of aromatic amines is 1. The lowest BCUT2D eigenvalue weighted by molar-refractivity contribution is 0.472. The van der Waals surface area contributed by atoms with Crippen LogP contribution >= 0.6 is 11.5 Å². The molecule has 2 aromatic heterocycles. The first-order valence-electron chi connectivity index (χ1n) is 6.46. The van der Waals surface area contributed by atoms with Crippen molar-refractivity contribution in [1.82, 2.24) is 19.6 Å². The highest BCUT2D eigenvalue weighted by Crippen LogP contribution is 2.35. The van der Waals surface area contributed by atoms with Crippen molar-refractivity contribution in [2.45, 2.75) is 38.6 Å². The molecule has 3 rings (SSSR count). The van der Waals surface area contributed by atoms with Crippen LogP contribution in [0.25, 0.3) is 0 Å². The van der Waals surface area contributed by atoms with Crippen LogP contribution in [0.1, 0.15) is 43.6 Å². The van der Waals surface area contributed by atoms with Crippen molar-refractivity contribution in [3.05, 3.63) is 23.8 Å². The molecule has 1 aliphatic heterocycles. The monoisotopic (exact) mass is 263 g/mol. The van der Waals surface area contributed by atoms with Crippen LogP contribution in [0.2, 0.25) is 0 Å². The maximum absolute atomic E-state index is 4.62. The molecule has 0 spiro atoms. The lowest BCUT2D eigenvalue weighted by Gasteiger charge is -2.34. The van der Waals surface area contributed by atoms with E-state index in [1.165, 1.54) is 36.4 Å². The van der Waals surface area contributed by atoms with Crippen LogP contribution in [0.15, 0.2) is 12.4 Å². The fourth-order valence-electron chi connectivity index (χ4n) is 2.46. The summed E-state index contributed by atoms with van der Waals surface area (Å²) in [5.74, 6) is 0.950. The standard InChI is InChI=1S/C12H17N5S/c1-2-11-15-12(18-16-11)17-6-4-3-5-10(17)9-7-13-14-8-9/h7-8,10H,2-6H2,1H3,(H,13,14). The SMILES string of the molecule is CCc1nsc(N2CCCCC2c2cn[nH]c2)n1. The van der Waals surface area contributed by atoms with Gasteiger partial charge in [0.25, 0.3) is 0 Å². The van der Waals surface area contributed by atoms with E-state index in [-0.39, 0.29) is 0 Å². The molecule has 1 atom stereocenters. The number of nitrogens with zero attached hydrogens (tertiary/aromatic N) is 4. The van der Waals surface area contributed by atoms with Crippen LogP contribution in [-0.4, -0.2) is 26.1 Å². The first-order valence-corrected chi connectivity index (χ1v) is 7.23. The van der Waals surface area contributed by atoms with E-state index in [2.05, 4.69) is 31.4 Å². The molecule has 96 valence electrons. The molecule has 1 aliphatic rings. The summed E-state index contributed by atoms with van der Waals surface area (Å²) < 4.78 is 4.39. The van der Waals surface area contributed by atoms with Crippen molar-refractivity contribution in [2.24, 2.45) is 0 Å². The van der Waals surface area contributed by atoms with Gasteiger partial charge in [-0.15, -0.1) is 0 Å². The topological polar surface area (TPSA) is 57.7 Å². The van der Waals surface area contributed by atoms with E-state index in [1.807, 2.05) is 12.4 Å². The number of aryl methyl sites for hydroxylation is 1. The second-order valence-corrected chi connectivity index (χ2v) is 5.31. The number of aromatic nitrogens is 4. The first kappa shape index (κ1) is 11.6. The average molecular weight is 263 g/mol. The highest BCUT2D eigenvalue weighted by molar-refractivity contribution is 7.09. The number of rotatable bonds is 3. The smallest absolute Gasteiger partial charge is 0.205 e. The minimum Gasteiger partial charge on any atom is -0.340 e. The quantitative estimate of drug-likeness (QED) is 0.924. The predicted molar refractivity (Wildman–Crippen MR) is 71.8 cm³/mol. The van der Waals surface area contributed by atoms with E-state index >= 15 is 0 Å². The van der Waals surface area contributed by atoms with E-state index in [1.54, 1.807) is 0 Å². The van der Waals surface area contributed by atoms with Crippen LogP contribution in [0, 0.1) is 0 Å². The van der Waals surface area contributed by atoms with Crippen LogP contribution in [0.4, 0.5) is 5.13 Å². The molecule has 1 N–H and O–H groups in total. The molecule has 1 saturated heterocycles. The Bertz CT molecular complexity index is 492. The molecule has 6 heteroatoms. The average Bonchev–Trinajstić information content (AvgIpc) is 3.10. The minimum atomic E-state index is 0.398. The molecule has 3 heterocycles. The van der Waals surface area contributed by atoms with Gasteiger partial charge in [0.1, 0.15) is 5.82 Å². The summed E-state index contributed by atoms with van der Waals surface area (Å²) in [7, 11) is 0. The predicted octanol–water partition coefficient (Wildman–Crippen LogP) is 2.56. The van der Waals surface area contributed by atoms with Crippen molar-refractivity contribution in [3.8, 4) is 0 Å². The Kier molecular flexibility index (Phi) is 3.27. The first-order chi connectivity index (χ1) is 8.88. The summed E-state index contributed by atoms with van der Waals surface area (Å²) >= 11 is 1.52. The van der Waals surface area contributed by atoms with Gasteiger partial charge in [0.2, 0.25) is 5.13 Å². The zero-order chi connectivity index (χ0) is 12.4. The van der Waals surface area contributed by atoms with Gasteiger partial charge in [-0.25, -0.2) is 4.98 Å². The molecule has 1 fully saturated rings. The molecule has 0 radical (unpaired) electrons. The number of anilines is 1. The Morgan fingerprint density at radius 2 is 2.44 bits per heavy atom. The van der Waals surface area contributed by atoms with Gasteiger partial charge in [-0.05, 0) is 19.3 Å². The summed E-state index contributed by atoms with van der Waals surface area (Å²) in [6.07, 6.45) is 8.48. The van der Waals surface area contributed by atoms with Crippen molar-refractivity contribution in [2.75, 3.05) is 11.4 Å². The van der Waals surface area contributed by atoms with Crippen LogP contribution < -0.4 is 4.90 Å². The third-order valence-electron chi connectivity index (χ3n) is 3.43. The summed E-state index contributed by atoms with van der Waals surface area (Å²) in [5, 5.41) is 8.02. The van der Waals surface area contributed by atoms with Crippen molar-refractivity contribution < 1.29 is 0 Å². The van der Waals surface area contributed by atoms with Gasteiger partial charge in [-0.1, -0.05) is 6.92 Å². The number of H-pyrrole nitrogens is 1. The van der Waals surface area contributed by atoms with Gasteiger partial charge in [0.15, 0.2) is 0 Å². The molecule has 5 nitrogen and oxygen atoms in total. The fourth-order valence-corrected chi connectivity index (χ4v) is 3.28. The number of nitrogens with one attached hydrogen (secondary N) is 1. The Balaban J connectivity index is 1.87. The van der Waals surface area contributed by atoms with E-state index in [9.17, 15) is 0 Å². The maximum atomic E-state index is 4.62. The van der Waals surface area contributed by atoms with E-state index in [0.717, 1.165) is 23.9 Å². The van der Waals surface area contributed by atoms with E-state index in [4.69, 9.17) is 0 Å². The van der Waals surface area contributed by atoms with Crippen LogP contribution in [0.5, 0.6) is 0 Å². The summed E-state index contributed by atoms with van der Waals surface area (Å²) in [4.78, 5) is 7.00. The number of piperidine rings is 1. The lowest BCUT2D eigenvalue weighted by atomic mass is 9.98. The second-order valence-electron chi connectivity index (χ2n) is 4.58. The Morgan fingerprint density at radius 1 is 1.50 bits per heavy atom. The van der Waals surface area contributed by atoms with Gasteiger partial charge in [-0.3, -0.25) is 5.10 Å². The van der Waals surface area contributed by atoms with Crippen molar-refractivity contribution in [3.63, 3.8) is 0 Å². The zero-order valence-electron chi connectivity index (χ0n) is 10.5. The minimum absolute atomic E-state index is 0.398. The van der Waals surface area contributed by atoms with Gasteiger partial charge in [0.05, 0.1) is 12.2 Å². The summed E-state index contributed by atoms with van der Waals surface area (Å²) in [6, 6.07) is 0.398. The Morgan fingerprint density at radius 3 is 3.17 bits per heavy atom. The Labute approximate surface area is 110 Å². The second kappa shape index (κ2) is 5.06. The maximum Gasteiger partial charge on any atom is 0.205 e. The summed E-state index contributed by atoms with van der Waals surface area (Å²) in [6.45, 7) is 3.16. The molecule has 0 amide bonds. The highest BCUT2D eigenvalue weighted by Gasteiger charge is 2.27. The van der Waals surface area contributed by atoms with Crippen molar-refractivity contribution in [1.29, 1.82) is 0 Å². The number of hydrogen-bond donors (Lipinski definition) is 1. The van der Waals surface area contributed by atoms with Gasteiger partial charge in [-0.2, -0.15) is 9.47 Å². The number of hydrogen-bond acceptors (Lipinski definition) is 5. The molecule has 1 unspecified atom stereocenters. The molecule has 0 bridgehead atoms. The highest BCUT2D eigenvalue weighted by atomic mass is 32.1. The molecular formula is C12H17N5S. The molecule has 0 aliphatic carbocycles. The zero-order valence-corrected chi connectivity index (χ0v) is 11.3. The molecule has 18 heavy (non-hydrogen) atoms. The van der Waals surface area contributed by atoms with Gasteiger partial charge >= 0.3 is 0 Å². The third-order valence-corrected chi connectivity index (χ3v) is 4.22. The largest absolute Gasteiger partial charge is 0.340 e. The molecule has 0 aromatic carbocycles. The molecular weight excluding hydrogens is 246 g/mol. The van der Waals surface area contributed by atoms with Crippen molar-refractivity contribution >= 4 is 16.7 Å². The van der Waals surface area contributed by atoms with Gasteiger partial charge < -0.3 is 4.90 Å². The van der Waals surface area contributed by atoms with E-state index in [0.29, 0.717) is 6.04 Å². The van der Waals surface area contributed by atoms with Crippen LogP contribution in [0.3, 0.4) is 0 Å². The van der Waals surface area contributed by atoms with Gasteiger partial charge in [0, 0.05) is 36.3 Å². The van der Waals surface area contributed by atoms with Crippen LogP contribution in [-0.2, 0) is 6.42 Å². The third kappa shape index (κ3) is 2.12. The molecule has 0 saturated carbocycles. The Hall–Kier alpha value is -1.43. The normalized spacial score (nSPS) is 20.3.